The fourth-order valence-electron chi connectivity index (χ4n) is 3.94. The molecule has 0 unspecified atom stereocenters. The highest BCUT2D eigenvalue weighted by Crippen LogP contribution is 2.37. The van der Waals surface area contributed by atoms with Gasteiger partial charge in [-0.3, -0.25) is 4.79 Å². The normalized spacial score (nSPS) is 22.4. The van der Waals surface area contributed by atoms with Crippen molar-refractivity contribution in [1.82, 2.24) is 4.98 Å². The Hall–Kier alpha value is -2.63. The third kappa shape index (κ3) is 3.43. The number of carboxylic acids is 1. The van der Waals surface area contributed by atoms with Gasteiger partial charge in [0.2, 0.25) is 0 Å². The summed E-state index contributed by atoms with van der Waals surface area (Å²) in [5.41, 5.74) is 0.538. The van der Waals surface area contributed by atoms with Crippen LogP contribution in [-0.4, -0.2) is 40.4 Å². The second kappa shape index (κ2) is 7.41. The van der Waals surface area contributed by atoms with Gasteiger partial charge in [-0.1, -0.05) is 41.9 Å². The summed E-state index contributed by atoms with van der Waals surface area (Å²) < 4.78 is 0. The molecule has 28 heavy (non-hydrogen) atoms. The van der Waals surface area contributed by atoms with E-state index < -0.39 is 17.5 Å². The summed E-state index contributed by atoms with van der Waals surface area (Å²) in [5.74, 6) is -0.225. The van der Waals surface area contributed by atoms with E-state index in [4.69, 9.17) is 11.6 Å². The summed E-state index contributed by atoms with van der Waals surface area (Å²) in [5, 5.41) is 22.4. The smallest absolute Gasteiger partial charge is 0.312 e. The number of fused-ring (bicyclic) bond motifs is 1. The second-order valence-corrected chi connectivity index (χ2v) is 7.78. The minimum atomic E-state index is -1.19. The Morgan fingerprint density at radius 2 is 1.96 bits per heavy atom. The van der Waals surface area contributed by atoms with E-state index in [1.54, 1.807) is 6.07 Å². The lowest BCUT2D eigenvalue weighted by atomic mass is 9.71. The largest absolute Gasteiger partial charge is 0.481 e. The number of benzene rings is 2. The van der Waals surface area contributed by atoms with E-state index in [0.717, 1.165) is 22.3 Å². The number of aliphatic hydroxyl groups excluding tert-OH is 1. The number of aromatic nitrogens is 1. The molecule has 3 aromatic rings. The number of rotatable bonds is 4. The average Bonchev–Trinajstić information content (AvgIpc) is 2.69. The predicted molar refractivity (Wildman–Crippen MR) is 110 cm³/mol. The van der Waals surface area contributed by atoms with Crippen molar-refractivity contribution in [1.29, 1.82) is 0 Å². The number of β-amino-alcohol motifs (C(OH)–C–C–N with tert-alkyl or cyclic N) is 1. The molecule has 2 heterocycles. The maximum Gasteiger partial charge on any atom is 0.312 e. The van der Waals surface area contributed by atoms with E-state index in [9.17, 15) is 15.0 Å². The Bertz CT molecular complexity index is 1010. The fraction of sp³-hybridized carbons (Fsp3) is 0.273. The summed E-state index contributed by atoms with van der Waals surface area (Å²) in [6, 6.07) is 18.8. The molecule has 0 bridgehead atoms. The summed E-state index contributed by atoms with van der Waals surface area (Å²) in [4.78, 5) is 18.7. The van der Waals surface area contributed by atoms with E-state index in [0.29, 0.717) is 24.4 Å². The number of aliphatic carboxylic acids is 1. The Morgan fingerprint density at radius 1 is 1.18 bits per heavy atom. The summed E-state index contributed by atoms with van der Waals surface area (Å²) in [7, 11) is 0. The molecule has 1 aliphatic rings. The van der Waals surface area contributed by atoms with Gasteiger partial charge in [-0.25, -0.2) is 4.98 Å². The molecule has 2 aromatic carbocycles. The predicted octanol–water partition coefficient (Wildman–Crippen LogP) is 3.77. The zero-order valence-electron chi connectivity index (χ0n) is 15.3. The topological polar surface area (TPSA) is 73.7 Å². The zero-order valence-corrected chi connectivity index (χ0v) is 16.0. The first-order valence-corrected chi connectivity index (χ1v) is 9.62. The Morgan fingerprint density at radius 3 is 2.68 bits per heavy atom. The number of anilines is 1. The molecule has 0 saturated carbocycles. The Kier molecular flexibility index (Phi) is 4.96. The first-order chi connectivity index (χ1) is 13.5. The molecule has 5 nitrogen and oxygen atoms in total. The van der Waals surface area contributed by atoms with Crippen LogP contribution in [0.25, 0.3) is 10.9 Å². The first-order valence-electron chi connectivity index (χ1n) is 9.25. The van der Waals surface area contributed by atoms with Crippen LogP contribution in [0.4, 0.5) is 5.82 Å². The van der Waals surface area contributed by atoms with Crippen LogP contribution in [0.5, 0.6) is 0 Å². The maximum absolute atomic E-state index is 12.1. The zero-order chi connectivity index (χ0) is 19.7. The summed E-state index contributed by atoms with van der Waals surface area (Å²) in [6.07, 6.45) is -0.345. The number of pyridine rings is 1. The van der Waals surface area contributed by atoms with Crippen LogP contribution < -0.4 is 4.90 Å². The molecule has 6 heteroatoms. The molecule has 0 amide bonds. The molecule has 0 aliphatic carbocycles. The van der Waals surface area contributed by atoms with Gasteiger partial charge in [0.25, 0.3) is 0 Å². The van der Waals surface area contributed by atoms with Crippen LogP contribution in [0.1, 0.15) is 12.0 Å². The van der Waals surface area contributed by atoms with Crippen LogP contribution in [0.2, 0.25) is 5.02 Å². The monoisotopic (exact) mass is 396 g/mol. The molecule has 0 spiro atoms. The van der Waals surface area contributed by atoms with Crippen LogP contribution in [0.15, 0.2) is 60.7 Å². The highest BCUT2D eigenvalue weighted by Gasteiger charge is 2.48. The standard InChI is InChI=1S/C22H21ClN2O3/c23-17-7-8-18-16(12-17)6-9-20(24-18)25-11-10-22(21(27)28,19(26)14-25)13-15-4-2-1-3-5-15/h1-9,12,19,26H,10-11,13-14H2,(H,27,28)/t19-,22-/m1/s1. The number of nitrogens with zero attached hydrogens (tertiary/aromatic N) is 2. The van der Waals surface area contributed by atoms with Crippen LogP contribution >= 0.6 is 11.6 Å². The lowest BCUT2D eigenvalue weighted by Gasteiger charge is -2.43. The van der Waals surface area contributed by atoms with E-state index in [2.05, 4.69) is 4.98 Å². The van der Waals surface area contributed by atoms with Crippen molar-refractivity contribution < 1.29 is 15.0 Å². The number of aliphatic hydroxyl groups is 1. The minimum Gasteiger partial charge on any atom is -0.481 e. The summed E-state index contributed by atoms with van der Waals surface area (Å²) in [6.45, 7) is 0.744. The molecule has 2 atom stereocenters. The molecule has 1 aliphatic heterocycles. The van der Waals surface area contributed by atoms with E-state index in [-0.39, 0.29) is 6.54 Å². The van der Waals surface area contributed by atoms with Gasteiger partial charge < -0.3 is 15.1 Å². The van der Waals surface area contributed by atoms with Gasteiger partial charge >= 0.3 is 5.97 Å². The molecule has 1 fully saturated rings. The first kappa shape index (κ1) is 18.7. The van der Waals surface area contributed by atoms with Gasteiger partial charge in [0, 0.05) is 23.5 Å². The van der Waals surface area contributed by atoms with Crippen molar-refractivity contribution in [3.05, 3.63) is 71.2 Å². The SMILES string of the molecule is O=C(O)[C@@]1(Cc2ccccc2)CCN(c2ccc3cc(Cl)ccc3n2)C[C@H]1O. The summed E-state index contributed by atoms with van der Waals surface area (Å²) >= 11 is 6.03. The highest BCUT2D eigenvalue weighted by molar-refractivity contribution is 6.31. The quantitative estimate of drug-likeness (QED) is 0.702. The molecule has 0 radical (unpaired) electrons. The lowest BCUT2D eigenvalue weighted by molar-refractivity contribution is -0.158. The van der Waals surface area contributed by atoms with Crippen LogP contribution in [0.3, 0.4) is 0 Å². The number of halogens is 1. The number of carbonyl (C=O) groups is 1. The van der Waals surface area contributed by atoms with Gasteiger partial charge in [-0.15, -0.1) is 0 Å². The number of hydrogen-bond acceptors (Lipinski definition) is 4. The van der Waals surface area contributed by atoms with E-state index >= 15 is 0 Å². The Balaban J connectivity index is 1.58. The molecule has 1 saturated heterocycles. The van der Waals surface area contributed by atoms with Gasteiger partial charge in [0.15, 0.2) is 0 Å². The van der Waals surface area contributed by atoms with E-state index in [1.807, 2.05) is 59.5 Å². The van der Waals surface area contributed by atoms with Crippen molar-refractivity contribution in [3.8, 4) is 0 Å². The van der Waals surface area contributed by atoms with Crippen molar-refractivity contribution in [2.24, 2.45) is 5.41 Å². The third-order valence-corrected chi connectivity index (χ3v) is 5.84. The van der Waals surface area contributed by atoms with Crippen LogP contribution in [-0.2, 0) is 11.2 Å². The van der Waals surface area contributed by atoms with Crippen molar-refractivity contribution in [3.63, 3.8) is 0 Å². The molecule has 2 N–H and O–H groups in total. The molecule has 1 aromatic heterocycles. The van der Waals surface area contributed by atoms with E-state index in [1.165, 1.54) is 0 Å². The highest BCUT2D eigenvalue weighted by atomic mass is 35.5. The van der Waals surface area contributed by atoms with Gasteiger partial charge in [0.05, 0.1) is 11.6 Å². The van der Waals surface area contributed by atoms with Gasteiger partial charge in [-0.2, -0.15) is 0 Å². The number of hydrogen-bond donors (Lipinski definition) is 2. The third-order valence-electron chi connectivity index (χ3n) is 5.61. The van der Waals surface area contributed by atoms with Crippen molar-refractivity contribution >= 4 is 34.3 Å². The maximum atomic E-state index is 12.1. The second-order valence-electron chi connectivity index (χ2n) is 7.34. The van der Waals surface area contributed by atoms with Crippen molar-refractivity contribution in [2.45, 2.75) is 18.9 Å². The molecular weight excluding hydrogens is 376 g/mol. The van der Waals surface area contributed by atoms with Crippen molar-refractivity contribution in [2.75, 3.05) is 18.0 Å². The molecule has 144 valence electrons. The molecular formula is C22H21ClN2O3. The van der Waals surface area contributed by atoms with Gasteiger partial charge in [-0.05, 0) is 48.7 Å². The number of carboxylic acid groups (broad SMARTS) is 1. The number of piperidine rings is 1. The lowest BCUT2D eigenvalue weighted by Crippen LogP contribution is -2.56. The average molecular weight is 397 g/mol. The fourth-order valence-corrected chi connectivity index (χ4v) is 4.12. The Labute approximate surface area is 168 Å². The van der Waals surface area contributed by atoms with Gasteiger partial charge in [0.1, 0.15) is 11.2 Å². The molecule has 4 rings (SSSR count). The van der Waals surface area contributed by atoms with Crippen LogP contribution in [0, 0.1) is 5.41 Å². The minimum absolute atomic E-state index is 0.227.